The van der Waals surface area contributed by atoms with Gasteiger partial charge >= 0.3 is 0 Å². The Kier molecular flexibility index (Phi) is 8.13. The molecular formula is C27H27N3O4S2. The van der Waals surface area contributed by atoms with Gasteiger partial charge < -0.3 is 4.90 Å². The highest BCUT2D eigenvalue weighted by Crippen LogP contribution is 2.33. The van der Waals surface area contributed by atoms with Crippen molar-refractivity contribution in [3.63, 3.8) is 0 Å². The maximum absolute atomic E-state index is 12.8. The number of imide groups is 2. The van der Waals surface area contributed by atoms with Gasteiger partial charge in [-0.2, -0.15) is 0 Å². The largest absolute Gasteiger partial charge is 0.303 e. The summed E-state index contributed by atoms with van der Waals surface area (Å²) in [7, 11) is 1.84. The van der Waals surface area contributed by atoms with Crippen LogP contribution in [0.1, 0.15) is 22.3 Å². The Morgan fingerprint density at radius 3 is 1.89 bits per heavy atom. The molecule has 2 saturated heterocycles. The van der Waals surface area contributed by atoms with Crippen LogP contribution in [0.25, 0.3) is 12.2 Å². The van der Waals surface area contributed by atoms with Gasteiger partial charge in [0.15, 0.2) is 0 Å². The lowest BCUT2D eigenvalue weighted by molar-refractivity contribution is -0.123. The molecule has 0 atom stereocenters. The Morgan fingerprint density at radius 1 is 0.778 bits per heavy atom. The molecule has 2 heterocycles. The molecule has 2 aliphatic heterocycles. The topological polar surface area (TPSA) is 78.0 Å². The molecule has 9 heteroatoms. The second-order valence-corrected chi connectivity index (χ2v) is 10.7. The van der Waals surface area contributed by atoms with Crippen LogP contribution in [0.2, 0.25) is 0 Å². The molecule has 0 unspecified atom stereocenters. The number of amides is 4. The molecule has 2 aromatic rings. The molecule has 7 nitrogen and oxygen atoms in total. The summed E-state index contributed by atoms with van der Waals surface area (Å²) in [4.78, 5) is 55.6. The average molecular weight is 522 g/mol. The Labute approximate surface area is 219 Å². The predicted molar refractivity (Wildman–Crippen MR) is 145 cm³/mol. The number of hydrogen-bond acceptors (Lipinski definition) is 7. The van der Waals surface area contributed by atoms with Gasteiger partial charge in [-0.05, 0) is 73.3 Å². The number of likely N-dealkylation sites (N-methyl/N-ethyl adjacent to an activating group) is 1. The molecule has 0 aliphatic carbocycles. The molecular weight excluding hydrogens is 494 g/mol. The van der Waals surface area contributed by atoms with Gasteiger partial charge in [0.05, 0.1) is 9.81 Å². The molecule has 0 saturated carbocycles. The quantitative estimate of drug-likeness (QED) is 0.452. The zero-order valence-electron chi connectivity index (χ0n) is 20.4. The van der Waals surface area contributed by atoms with Crippen molar-refractivity contribution in [1.29, 1.82) is 0 Å². The van der Waals surface area contributed by atoms with Crippen LogP contribution in [0.15, 0.2) is 58.3 Å². The molecule has 0 bridgehead atoms. The first-order valence-corrected chi connectivity index (χ1v) is 13.2. The van der Waals surface area contributed by atoms with Crippen molar-refractivity contribution in [2.45, 2.75) is 13.8 Å². The van der Waals surface area contributed by atoms with E-state index in [9.17, 15) is 19.2 Å². The lowest BCUT2D eigenvalue weighted by Crippen LogP contribution is -2.40. The molecule has 0 N–H and O–H groups in total. The van der Waals surface area contributed by atoms with Crippen LogP contribution in [0.4, 0.5) is 9.59 Å². The minimum atomic E-state index is -0.301. The number of carbonyl (C=O) groups excluding carboxylic acids is 4. The fourth-order valence-electron chi connectivity index (χ4n) is 3.87. The molecule has 0 aromatic heterocycles. The summed E-state index contributed by atoms with van der Waals surface area (Å²) in [6, 6.07) is 15.4. The van der Waals surface area contributed by atoms with Crippen molar-refractivity contribution < 1.29 is 19.2 Å². The molecule has 36 heavy (non-hydrogen) atoms. The van der Waals surface area contributed by atoms with Gasteiger partial charge in [0, 0.05) is 26.2 Å². The first kappa shape index (κ1) is 25.9. The Morgan fingerprint density at radius 2 is 1.33 bits per heavy atom. The van der Waals surface area contributed by atoms with Gasteiger partial charge in [-0.3, -0.25) is 29.0 Å². The summed E-state index contributed by atoms with van der Waals surface area (Å²) in [5.41, 5.74) is 3.97. The molecule has 0 spiro atoms. The van der Waals surface area contributed by atoms with Gasteiger partial charge in [0.1, 0.15) is 0 Å². The van der Waals surface area contributed by atoms with E-state index in [2.05, 4.69) is 0 Å². The monoisotopic (exact) mass is 521 g/mol. The molecule has 2 aromatic carbocycles. The van der Waals surface area contributed by atoms with Crippen LogP contribution in [0, 0.1) is 13.8 Å². The van der Waals surface area contributed by atoms with Crippen LogP contribution < -0.4 is 0 Å². The van der Waals surface area contributed by atoms with Crippen LogP contribution >= 0.6 is 23.5 Å². The predicted octanol–water partition coefficient (Wildman–Crippen LogP) is 5.01. The van der Waals surface area contributed by atoms with Crippen molar-refractivity contribution >= 4 is 58.0 Å². The number of carbonyl (C=O) groups is 4. The standard InChI is InChI=1S/C27H27N3O4S2/c1-18-9-10-21(19(2)15-18)17-23-25(32)30(27(34)36-23)14-12-28(3)11-13-29-24(31)22(35-26(29)33)16-20-7-5-4-6-8-20/h4-10,15-17H,11-14H2,1-3H3. The maximum Gasteiger partial charge on any atom is 0.293 e. The third-order valence-corrected chi connectivity index (χ3v) is 7.78. The lowest BCUT2D eigenvalue weighted by atomic mass is 10.1. The SMILES string of the molecule is Cc1ccc(C=C2SC(=O)N(CCN(C)CCN3C(=O)SC(=Cc4ccccc4)C3=O)C2=O)c(C)c1. The number of aryl methyl sites for hydroxylation is 2. The fraction of sp³-hybridized carbons (Fsp3) is 0.259. The van der Waals surface area contributed by atoms with Crippen LogP contribution in [-0.4, -0.2) is 70.2 Å². The lowest BCUT2D eigenvalue weighted by Gasteiger charge is -2.22. The summed E-state index contributed by atoms with van der Waals surface area (Å²) in [6.45, 7) is 5.34. The Hall–Kier alpha value is -3.14. The first-order chi connectivity index (χ1) is 17.2. The average Bonchev–Trinajstić information content (AvgIpc) is 3.26. The minimum absolute atomic E-state index is 0.237. The van der Waals surface area contributed by atoms with Crippen LogP contribution in [0.5, 0.6) is 0 Å². The number of benzene rings is 2. The van der Waals surface area contributed by atoms with Gasteiger partial charge in [-0.1, -0.05) is 54.1 Å². The molecule has 2 aliphatic rings. The van der Waals surface area contributed by atoms with Crippen LogP contribution in [-0.2, 0) is 9.59 Å². The third-order valence-electron chi connectivity index (χ3n) is 5.97. The van der Waals surface area contributed by atoms with E-state index in [0.29, 0.717) is 22.9 Å². The second kappa shape index (κ2) is 11.3. The van der Waals surface area contributed by atoms with Gasteiger partial charge in [0.25, 0.3) is 22.3 Å². The van der Waals surface area contributed by atoms with E-state index >= 15 is 0 Å². The highest BCUT2D eigenvalue weighted by atomic mass is 32.2. The summed E-state index contributed by atoms with van der Waals surface area (Å²) in [5, 5.41) is -0.584. The highest BCUT2D eigenvalue weighted by molar-refractivity contribution is 8.18. The van der Waals surface area contributed by atoms with E-state index in [1.54, 1.807) is 12.2 Å². The smallest absolute Gasteiger partial charge is 0.293 e. The minimum Gasteiger partial charge on any atom is -0.303 e. The van der Waals surface area contributed by atoms with Crippen LogP contribution in [0.3, 0.4) is 0 Å². The van der Waals surface area contributed by atoms with Crippen molar-refractivity contribution in [1.82, 2.24) is 14.7 Å². The van der Waals surface area contributed by atoms with Gasteiger partial charge in [-0.25, -0.2) is 0 Å². The van der Waals surface area contributed by atoms with E-state index in [-0.39, 0.29) is 35.4 Å². The van der Waals surface area contributed by atoms with Crippen molar-refractivity contribution in [2.24, 2.45) is 0 Å². The highest BCUT2D eigenvalue weighted by Gasteiger charge is 2.36. The number of rotatable bonds is 8. The number of hydrogen-bond donors (Lipinski definition) is 0. The molecule has 186 valence electrons. The molecule has 4 amide bonds. The van der Waals surface area contributed by atoms with Gasteiger partial charge in [-0.15, -0.1) is 0 Å². The first-order valence-electron chi connectivity index (χ1n) is 11.5. The van der Waals surface area contributed by atoms with E-state index in [0.717, 1.165) is 45.8 Å². The zero-order chi connectivity index (χ0) is 25.8. The Balaban J connectivity index is 1.30. The fourth-order valence-corrected chi connectivity index (χ4v) is 5.59. The molecule has 2 fully saturated rings. The van der Waals surface area contributed by atoms with E-state index in [4.69, 9.17) is 0 Å². The van der Waals surface area contributed by atoms with Crippen molar-refractivity contribution in [3.05, 3.63) is 80.6 Å². The van der Waals surface area contributed by atoms with E-state index in [1.807, 2.05) is 74.3 Å². The second-order valence-electron chi connectivity index (χ2n) is 8.74. The molecule has 0 radical (unpaired) electrons. The normalized spacial score (nSPS) is 18.6. The summed E-state index contributed by atoms with van der Waals surface area (Å²) >= 11 is 1.89. The van der Waals surface area contributed by atoms with E-state index < -0.39 is 0 Å². The molecule has 4 rings (SSSR count). The summed E-state index contributed by atoms with van der Waals surface area (Å²) in [5.74, 6) is -0.597. The van der Waals surface area contributed by atoms with E-state index in [1.165, 1.54) is 9.80 Å². The number of nitrogens with zero attached hydrogens (tertiary/aromatic N) is 3. The number of thioether (sulfide) groups is 2. The zero-order valence-corrected chi connectivity index (χ0v) is 22.0. The van der Waals surface area contributed by atoms with Crippen molar-refractivity contribution in [2.75, 3.05) is 33.2 Å². The van der Waals surface area contributed by atoms with Crippen molar-refractivity contribution in [3.8, 4) is 0 Å². The summed E-state index contributed by atoms with van der Waals surface area (Å²) in [6.07, 6.45) is 3.49. The summed E-state index contributed by atoms with van der Waals surface area (Å²) < 4.78 is 0. The third kappa shape index (κ3) is 5.98. The van der Waals surface area contributed by atoms with Gasteiger partial charge in [0.2, 0.25) is 0 Å². The maximum atomic E-state index is 12.8. The Bertz CT molecular complexity index is 1270.